The van der Waals surface area contributed by atoms with Crippen molar-refractivity contribution in [3.05, 3.63) is 29.8 Å². The maximum Gasteiger partial charge on any atom is 0.416 e. The van der Waals surface area contributed by atoms with Gasteiger partial charge < -0.3 is 25.4 Å². The number of nitrogens with zero attached hydrogens (tertiary/aromatic N) is 2. The molecule has 1 aliphatic heterocycles. The van der Waals surface area contributed by atoms with Crippen molar-refractivity contribution in [3.63, 3.8) is 0 Å². The van der Waals surface area contributed by atoms with Crippen LogP contribution in [0.15, 0.2) is 29.3 Å². The Morgan fingerprint density at radius 1 is 1.29 bits per heavy atom. The number of nitrogens with one attached hydrogen (secondary N) is 2. The van der Waals surface area contributed by atoms with Gasteiger partial charge in [-0.05, 0) is 43.9 Å². The van der Waals surface area contributed by atoms with Crippen molar-refractivity contribution in [1.29, 1.82) is 0 Å². The van der Waals surface area contributed by atoms with Crippen LogP contribution in [0.2, 0.25) is 0 Å². The number of hydrogen-bond acceptors (Lipinski definition) is 4. The van der Waals surface area contributed by atoms with Crippen molar-refractivity contribution < 1.29 is 23.0 Å². The van der Waals surface area contributed by atoms with E-state index in [0.717, 1.165) is 44.6 Å². The lowest BCUT2D eigenvalue weighted by Crippen LogP contribution is -2.49. The van der Waals surface area contributed by atoms with Gasteiger partial charge in [-0.2, -0.15) is 13.2 Å². The first-order valence-corrected chi connectivity index (χ1v) is 10.9. The minimum Gasteiger partial charge on any atom is -0.491 e. The van der Waals surface area contributed by atoms with Crippen molar-refractivity contribution in [1.82, 2.24) is 15.5 Å². The number of aliphatic imine (C=N–C) groups is 1. The Bertz CT molecular complexity index is 690. The van der Waals surface area contributed by atoms with E-state index >= 15 is 0 Å². The molecule has 0 amide bonds. The molecule has 2 rings (SSSR count). The van der Waals surface area contributed by atoms with Crippen LogP contribution in [0.25, 0.3) is 0 Å². The highest BCUT2D eigenvalue weighted by molar-refractivity contribution is 5.80. The molecule has 1 saturated heterocycles. The summed E-state index contributed by atoms with van der Waals surface area (Å²) in [4.78, 5) is 6.89. The predicted octanol–water partition coefficient (Wildman–Crippen LogP) is 3.12. The Morgan fingerprint density at radius 2 is 2.00 bits per heavy atom. The Hall–Kier alpha value is -2.00. The lowest BCUT2D eigenvalue weighted by molar-refractivity contribution is -0.137. The van der Waals surface area contributed by atoms with E-state index in [-0.39, 0.29) is 18.9 Å². The third kappa shape index (κ3) is 9.35. The SMILES string of the molecule is CCNC(=NCC(O)COc1cccc(C(F)(F)F)c1)NC1CCN(CC(C)C)CC1. The number of alkyl halides is 3. The quantitative estimate of drug-likeness (QED) is 0.403. The van der Waals surface area contributed by atoms with Crippen molar-refractivity contribution >= 4 is 5.96 Å². The van der Waals surface area contributed by atoms with Crippen LogP contribution in [0, 0.1) is 5.92 Å². The van der Waals surface area contributed by atoms with Gasteiger partial charge in [-0.15, -0.1) is 0 Å². The van der Waals surface area contributed by atoms with E-state index in [1.54, 1.807) is 0 Å². The molecule has 1 fully saturated rings. The summed E-state index contributed by atoms with van der Waals surface area (Å²) < 4.78 is 43.7. The highest BCUT2D eigenvalue weighted by atomic mass is 19.4. The molecule has 6 nitrogen and oxygen atoms in total. The van der Waals surface area contributed by atoms with Crippen molar-refractivity contribution in [2.75, 3.05) is 39.3 Å². The maximum atomic E-state index is 12.8. The smallest absolute Gasteiger partial charge is 0.416 e. The number of likely N-dealkylation sites (tertiary alicyclic amines) is 1. The largest absolute Gasteiger partial charge is 0.491 e. The Balaban J connectivity index is 1.81. The topological polar surface area (TPSA) is 69.1 Å². The number of aliphatic hydroxyl groups excluding tert-OH is 1. The molecule has 1 unspecified atom stereocenters. The van der Waals surface area contributed by atoms with Crippen LogP contribution in [0.4, 0.5) is 13.2 Å². The van der Waals surface area contributed by atoms with E-state index in [1.807, 2.05) is 6.92 Å². The van der Waals surface area contributed by atoms with Gasteiger partial charge in [0.2, 0.25) is 0 Å². The number of hydrogen-bond donors (Lipinski definition) is 3. The zero-order chi connectivity index (χ0) is 22.9. The first-order valence-electron chi connectivity index (χ1n) is 10.9. The molecule has 0 aliphatic carbocycles. The van der Waals surface area contributed by atoms with Gasteiger partial charge in [-0.1, -0.05) is 19.9 Å². The molecule has 176 valence electrons. The van der Waals surface area contributed by atoms with Gasteiger partial charge in [-0.3, -0.25) is 4.99 Å². The molecule has 1 heterocycles. The second kappa shape index (κ2) is 12.1. The van der Waals surface area contributed by atoms with E-state index in [2.05, 4.69) is 34.4 Å². The summed E-state index contributed by atoms with van der Waals surface area (Å²) in [6.45, 7) is 10.2. The molecular formula is C22H35F3N4O2. The van der Waals surface area contributed by atoms with Crippen LogP contribution in [-0.2, 0) is 6.18 Å². The number of halogens is 3. The van der Waals surface area contributed by atoms with Gasteiger partial charge in [0.25, 0.3) is 0 Å². The summed E-state index contributed by atoms with van der Waals surface area (Å²) in [5.41, 5.74) is -0.782. The summed E-state index contributed by atoms with van der Waals surface area (Å²) >= 11 is 0. The zero-order valence-corrected chi connectivity index (χ0v) is 18.6. The number of benzene rings is 1. The summed E-state index contributed by atoms with van der Waals surface area (Å²) in [5.74, 6) is 1.35. The van der Waals surface area contributed by atoms with Crippen LogP contribution >= 0.6 is 0 Å². The van der Waals surface area contributed by atoms with Gasteiger partial charge in [0, 0.05) is 32.2 Å². The number of aliphatic hydroxyl groups is 1. The zero-order valence-electron chi connectivity index (χ0n) is 18.6. The van der Waals surface area contributed by atoms with Gasteiger partial charge in [0.1, 0.15) is 18.5 Å². The number of piperidine rings is 1. The lowest BCUT2D eigenvalue weighted by atomic mass is 10.0. The average molecular weight is 445 g/mol. The highest BCUT2D eigenvalue weighted by Gasteiger charge is 2.30. The number of rotatable bonds is 9. The van der Waals surface area contributed by atoms with Gasteiger partial charge >= 0.3 is 6.18 Å². The molecule has 1 aromatic carbocycles. The third-order valence-corrected chi connectivity index (χ3v) is 4.96. The Morgan fingerprint density at radius 3 is 2.61 bits per heavy atom. The van der Waals surface area contributed by atoms with Crippen molar-refractivity contribution in [3.8, 4) is 5.75 Å². The molecule has 1 aliphatic rings. The molecular weight excluding hydrogens is 409 g/mol. The first kappa shape index (κ1) is 25.3. The standard InChI is InChI=1S/C22H35F3N4O2/c1-4-26-21(28-18-8-10-29(11-9-18)14-16(2)3)27-13-19(30)15-31-20-7-5-6-17(12-20)22(23,24)25/h5-7,12,16,18-19,30H,4,8-11,13-15H2,1-3H3,(H2,26,27,28). The molecule has 0 spiro atoms. The fourth-order valence-electron chi connectivity index (χ4n) is 3.49. The average Bonchev–Trinajstić information content (AvgIpc) is 2.71. The Kier molecular flexibility index (Phi) is 9.90. The van der Waals surface area contributed by atoms with Crippen LogP contribution < -0.4 is 15.4 Å². The molecule has 1 atom stereocenters. The molecule has 31 heavy (non-hydrogen) atoms. The second-order valence-corrected chi connectivity index (χ2v) is 8.32. The first-order chi connectivity index (χ1) is 14.7. The highest BCUT2D eigenvalue weighted by Crippen LogP contribution is 2.31. The van der Waals surface area contributed by atoms with E-state index < -0.39 is 17.8 Å². The minimum absolute atomic E-state index is 0.0658. The summed E-state index contributed by atoms with van der Waals surface area (Å²) in [6, 6.07) is 4.94. The van der Waals surface area contributed by atoms with Crippen LogP contribution in [0.3, 0.4) is 0 Å². The van der Waals surface area contributed by atoms with E-state index in [0.29, 0.717) is 24.5 Å². The van der Waals surface area contributed by atoms with E-state index in [4.69, 9.17) is 4.74 Å². The molecule has 1 aromatic rings. The van der Waals surface area contributed by atoms with Crippen molar-refractivity contribution in [2.24, 2.45) is 10.9 Å². The summed E-state index contributed by atoms with van der Waals surface area (Å²) in [6.07, 6.45) is -3.31. The third-order valence-electron chi connectivity index (χ3n) is 4.96. The van der Waals surface area contributed by atoms with Gasteiger partial charge in [-0.25, -0.2) is 0 Å². The van der Waals surface area contributed by atoms with E-state index in [1.165, 1.54) is 12.1 Å². The fourth-order valence-corrected chi connectivity index (χ4v) is 3.49. The summed E-state index contributed by atoms with van der Waals surface area (Å²) in [7, 11) is 0. The Labute approximate surface area is 182 Å². The molecule has 0 saturated carbocycles. The molecule has 0 radical (unpaired) electrons. The predicted molar refractivity (Wildman–Crippen MR) is 116 cm³/mol. The molecule has 0 aromatic heterocycles. The van der Waals surface area contributed by atoms with Gasteiger partial charge in [0.05, 0.1) is 12.1 Å². The maximum absolute atomic E-state index is 12.8. The summed E-state index contributed by atoms with van der Waals surface area (Å²) in [5, 5.41) is 16.8. The van der Waals surface area contributed by atoms with Crippen LogP contribution in [0.1, 0.15) is 39.2 Å². The normalized spacial score (nSPS) is 17.6. The fraction of sp³-hybridized carbons (Fsp3) is 0.682. The monoisotopic (exact) mass is 444 g/mol. The molecule has 9 heteroatoms. The molecule has 3 N–H and O–H groups in total. The van der Waals surface area contributed by atoms with Gasteiger partial charge in [0.15, 0.2) is 5.96 Å². The number of guanidine groups is 1. The second-order valence-electron chi connectivity index (χ2n) is 8.32. The van der Waals surface area contributed by atoms with Crippen molar-refractivity contribution in [2.45, 2.75) is 51.9 Å². The van der Waals surface area contributed by atoms with Crippen LogP contribution in [0.5, 0.6) is 5.75 Å². The number of ether oxygens (including phenoxy) is 1. The minimum atomic E-state index is -4.43. The lowest BCUT2D eigenvalue weighted by Gasteiger charge is -2.34. The molecule has 0 bridgehead atoms. The van der Waals surface area contributed by atoms with E-state index in [9.17, 15) is 18.3 Å². The van der Waals surface area contributed by atoms with Crippen LogP contribution in [-0.4, -0.2) is 67.4 Å².